The van der Waals surface area contributed by atoms with E-state index < -0.39 is 0 Å². The van der Waals surface area contributed by atoms with Gasteiger partial charge in [0.2, 0.25) is 0 Å². The molecule has 0 amide bonds. The normalized spacial score (nSPS) is 23.2. The zero-order chi connectivity index (χ0) is 27.1. The van der Waals surface area contributed by atoms with Crippen LogP contribution in [0, 0.1) is 18.8 Å². The van der Waals surface area contributed by atoms with Crippen LogP contribution >= 0.6 is 23.8 Å². The SMILES string of the molecule is Cc1ccc([C@@H]2[C@@H](c3ccccn3)NC(=S)N2c2ccc(N3C[C@H](C)C[C@H](C)C3)c(Cl)c2)n1-c1ccccc1. The van der Waals surface area contributed by atoms with E-state index in [-0.39, 0.29) is 12.1 Å². The summed E-state index contributed by atoms with van der Waals surface area (Å²) in [6.07, 6.45) is 3.10. The molecular weight excluding hydrogens is 522 g/mol. The minimum absolute atomic E-state index is 0.127. The van der Waals surface area contributed by atoms with Crippen molar-refractivity contribution in [3.8, 4) is 5.69 Å². The average molecular weight is 556 g/mol. The van der Waals surface area contributed by atoms with Crippen LogP contribution in [0.25, 0.3) is 5.69 Å². The van der Waals surface area contributed by atoms with Crippen LogP contribution in [0.3, 0.4) is 0 Å². The van der Waals surface area contributed by atoms with E-state index in [2.05, 4.69) is 101 Å². The fraction of sp³-hybridized carbons (Fsp3) is 0.312. The molecule has 4 aromatic rings. The number of nitrogens with one attached hydrogen (secondary N) is 1. The molecule has 2 aromatic carbocycles. The second kappa shape index (κ2) is 10.7. The lowest BCUT2D eigenvalue weighted by atomic mass is 9.91. The first kappa shape index (κ1) is 25.9. The van der Waals surface area contributed by atoms with Crippen LogP contribution in [-0.2, 0) is 0 Å². The van der Waals surface area contributed by atoms with Gasteiger partial charge in [-0.25, -0.2) is 0 Å². The molecule has 0 unspecified atom stereocenters. The smallest absolute Gasteiger partial charge is 0.174 e. The van der Waals surface area contributed by atoms with Gasteiger partial charge in [-0.1, -0.05) is 49.7 Å². The van der Waals surface area contributed by atoms with Crippen molar-refractivity contribution in [1.29, 1.82) is 0 Å². The van der Waals surface area contributed by atoms with Crippen molar-refractivity contribution in [2.45, 2.75) is 39.3 Å². The summed E-state index contributed by atoms with van der Waals surface area (Å²) in [7, 11) is 0. The molecule has 200 valence electrons. The Morgan fingerprint density at radius 1 is 0.897 bits per heavy atom. The molecule has 2 fully saturated rings. The first-order valence-corrected chi connectivity index (χ1v) is 14.5. The van der Waals surface area contributed by atoms with Crippen LogP contribution in [0.1, 0.15) is 49.4 Å². The molecule has 0 bridgehead atoms. The molecule has 39 heavy (non-hydrogen) atoms. The van der Waals surface area contributed by atoms with E-state index in [1.54, 1.807) is 0 Å². The molecule has 7 heteroatoms. The van der Waals surface area contributed by atoms with E-state index in [0.29, 0.717) is 16.9 Å². The first-order valence-electron chi connectivity index (χ1n) is 13.7. The number of hydrogen-bond donors (Lipinski definition) is 1. The number of pyridine rings is 1. The molecular formula is C32H34ClN5S. The number of anilines is 2. The Morgan fingerprint density at radius 2 is 1.64 bits per heavy atom. The summed E-state index contributed by atoms with van der Waals surface area (Å²) in [6.45, 7) is 8.85. The van der Waals surface area contributed by atoms with Crippen molar-refractivity contribution < 1.29 is 0 Å². The van der Waals surface area contributed by atoms with Gasteiger partial charge in [0.15, 0.2) is 5.11 Å². The monoisotopic (exact) mass is 555 g/mol. The first-order chi connectivity index (χ1) is 18.9. The number of aromatic nitrogens is 2. The summed E-state index contributed by atoms with van der Waals surface area (Å²) < 4.78 is 2.32. The zero-order valence-electron chi connectivity index (χ0n) is 22.6. The lowest BCUT2D eigenvalue weighted by molar-refractivity contribution is 0.357. The van der Waals surface area contributed by atoms with Gasteiger partial charge in [-0.05, 0) is 92.0 Å². The van der Waals surface area contributed by atoms with E-state index in [1.807, 2.05) is 24.4 Å². The highest BCUT2D eigenvalue weighted by atomic mass is 35.5. The maximum atomic E-state index is 7.01. The second-order valence-electron chi connectivity index (χ2n) is 11.1. The summed E-state index contributed by atoms with van der Waals surface area (Å²) in [5.41, 5.74) is 6.44. The summed E-state index contributed by atoms with van der Waals surface area (Å²) >= 11 is 13.0. The molecule has 2 saturated heterocycles. The number of halogens is 1. The van der Waals surface area contributed by atoms with Gasteiger partial charge in [-0.2, -0.15) is 0 Å². The van der Waals surface area contributed by atoms with E-state index in [4.69, 9.17) is 28.8 Å². The number of piperidine rings is 1. The van der Waals surface area contributed by atoms with E-state index >= 15 is 0 Å². The molecule has 1 N–H and O–H groups in total. The van der Waals surface area contributed by atoms with Crippen LogP contribution in [0.4, 0.5) is 11.4 Å². The molecule has 0 aliphatic carbocycles. The maximum Gasteiger partial charge on any atom is 0.174 e. The number of thiocarbonyl (C=S) groups is 1. The Kier molecular flexibility index (Phi) is 7.08. The Labute approximate surface area is 241 Å². The average Bonchev–Trinajstić information content (AvgIpc) is 3.48. The lowest BCUT2D eigenvalue weighted by Crippen LogP contribution is -2.38. The Bertz CT molecular complexity index is 1460. The third kappa shape index (κ3) is 4.92. The maximum absolute atomic E-state index is 7.01. The largest absolute Gasteiger partial charge is 0.370 e. The van der Waals surface area contributed by atoms with Crippen molar-refractivity contribution in [2.24, 2.45) is 11.8 Å². The Balaban J connectivity index is 1.44. The molecule has 5 nitrogen and oxygen atoms in total. The van der Waals surface area contributed by atoms with Gasteiger partial charge in [0.1, 0.15) is 6.04 Å². The van der Waals surface area contributed by atoms with Crippen LogP contribution < -0.4 is 15.1 Å². The Morgan fingerprint density at radius 3 is 2.33 bits per heavy atom. The van der Waals surface area contributed by atoms with E-state index in [0.717, 1.165) is 52.3 Å². The number of nitrogens with zero attached hydrogens (tertiary/aromatic N) is 4. The molecule has 0 saturated carbocycles. The van der Waals surface area contributed by atoms with Crippen LogP contribution in [0.5, 0.6) is 0 Å². The number of benzene rings is 2. The second-order valence-corrected chi connectivity index (χ2v) is 11.8. The van der Waals surface area contributed by atoms with Gasteiger partial charge in [0.05, 0.1) is 22.4 Å². The van der Waals surface area contributed by atoms with Gasteiger partial charge in [0.25, 0.3) is 0 Å². The van der Waals surface area contributed by atoms with Crippen molar-refractivity contribution >= 4 is 40.3 Å². The minimum Gasteiger partial charge on any atom is -0.370 e. The third-order valence-electron chi connectivity index (χ3n) is 7.94. The quantitative estimate of drug-likeness (QED) is 0.258. The Hall–Kier alpha value is -3.35. The predicted molar refractivity (Wildman–Crippen MR) is 165 cm³/mol. The van der Waals surface area contributed by atoms with Crippen molar-refractivity contribution in [2.75, 3.05) is 22.9 Å². The van der Waals surface area contributed by atoms with Crippen LogP contribution in [0.2, 0.25) is 5.02 Å². The summed E-state index contributed by atoms with van der Waals surface area (Å²) in [4.78, 5) is 9.37. The van der Waals surface area contributed by atoms with Crippen LogP contribution in [-0.4, -0.2) is 27.8 Å². The van der Waals surface area contributed by atoms with Gasteiger partial charge in [-0.15, -0.1) is 0 Å². The molecule has 2 aromatic heterocycles. The third-order valence-corrected chi connectivity index (χ3v) is 8.56. The summed E-state index contributed by atoms with van der Waals surface area (Å²) in [5, 5.41) is 5.01. The topological polar surface area (TPSA) is 36.3 Å². The lowest BCUT2D eigenvalue weighted by Gasteiger charge is -2.37. The molecule has 2 aliphatic rings. The standard InChI is InChI=1S/C32H34ClN5S/c1-21-17-22(2)20-36(19-21)28-15-13-25(18-26(28)33)38-31(30(35-32(38)39)27-11-7-8-16-34-27)29-14-12-23(3)37(29)24-9-5-4-6-10-24/h4-16,18,21-22,30-31H,17,19-20H2,1-3H3,(H,35,39)/t21-,22+,30-,31-/m1/s1. The summed E-state index contributed by atoms with van der Waals surface area (Å²) in [6, 6.07) is 27.0. The molecule has 4 heterocycles. The number of para-hydroxylation sites is 1. The number of rotatable bonds is 5. The zero-order valence-corrected chi connectivity index (χ0v) is 24.2. The predicted octanol–water partition coefficient (Wildman–Crippen LogP) is 7.49. The van der Waals surface area contributed by atoms with Gasteiger partial charge in [0, 0.05) is 42.0 Å². The fourth-order valence-corrected chi connectivity index (χ4v) is 7.05. The molecule has 0 spiro atoms. The van der Waals surface area contributed by atoms with Gasteiger partial charge < -0.3 is 19.7 Å². The van der Waals surface area contributed by atoms with Crippen LogP contribution in [0.15, 0.2) is 85.1 Å². The number of aryl methyl sites for hydroxylation is 1. The van der Waals surface area contributed by atoms with Gasteiger partial charge in [-0.3, -0.25) is 4.98 Å². The van der Waals surface area contributed by atoms with Crippen molar-refractivity contribution in [3.05, 3.63) is 107 Å². The fourth-order valence-electron chi connectivity index (χ4n) is 6.41. The highest BCUT2D eigenvalue weighted by Gasteiger charge is 2.42. The van der Waals surface area contributed by atoms with Gasteiger partial charge >= 0.3 is 0 Å². The highest BCUT2D eigenvalue weighted by Crippen LogP contribution is 2.44. The molecule has 4 atom stereocenters. The van der Waals surface area contributed by atoms with E-state index in [1.165, 1.54) is 6.42 Å². The number of hydrogen-bond acceptors (Lipinski definition) is 3. The van der Waals surface area contributed by atoms with Crippen molar-refractivity contribution in [1.82, 2.24) is 14.9 Å². The molecule has 6 rings (SSSR count). The molecule has 2 aliphatic heterocycles. The van der Waals surface area contributed by atoms with E-state index in [9.17, 15) is 0 Å². The van der Waals surface area contributed by atoms with Crippen molar-refractivity contribution in [3.63, 3.8) is 0 Å². The highest BCUT2D eigenvalue weighted by molar-refractivity contribution is 7.80. The molecule has 0 radical (unpaired) electrons. The summed E-state index contributed by atoms with van der Waals surface area (Å²) in [5.74, 6) is 1.30. The minimum atomic E-state index is -0.127.